The first-order valence-electron chi connectivity index (χ1n) is 10.4. The summed E-state index contributed by atoms with van der Waals surface area (Å²) < 4.78 is 9.83. The second-order valence-corrected chi connectivity index (χ2v) is 8.02. The molecule has 2 aliphatic heterocycles. The van der Waals surface area contributed by atoms with Crippen LogP contribution >= 0.6 is 0 Å². The third-order valence-electron chi connectivity index (χ3n) is 5.47. The molecule has 1 saturated carbocycles. The molecule has 0 aromatic heterocycles. The van der Waals surface area contributed by atoms with Crippen LogP contribution in [0.3, 0.4) is 0 Å². The minimum absolute atomic E-state index is 0.104. The van der Waals surface area contributed by atoms with E-state index < -0.39 is 54.0 Å². The number of primary amides is 1. The summed E-state index contributed by atoms with van der Waals surface area (Å²) in [6.45, 7) is 2.70. The van der Waals surface area contributed by atoms with Gasteiger partial charge in [-0.3, -0.25) is 29.4 Å². The number of carbonyl (C=O) groups excluding carboxylic acids is 6. The molecule has 4 N–H and O–H groups in total. The number of nitrogens with two attached hydrogens (primary N) is 1. The van der Waals surface area contributed by atoms with Gasteiger partial charge in [0, 0.05) is 13.5 Å². The van der Waals surface area contributed by atoms with Crippen LogP contribution in [0.25, 0.3) is 0 Å². The molecule has 0 radical (unpaired) electrons. The molecule has 2 saturated heterocycles. The summed E-state index contributed by atoms with van der Waals surface area (Å²) >= 11 is 0. The normalized spacial score (nSPS) is 24.8. The average Bonchev–Trinajstić information content (AvgIpc) is 3.62. The maximum atomic E-state index is 13.0. The van der Waals surface area contributed by atoms with Crippen LogP contribution in [0.1, 0.15) is 39.5 Å². The quantitative estimate of drug-likeness (QED) is 0.202. The van der Waals surface area contributed by atoms with Crippen LogP contribution in [0.5, 0.6) is 0 Å². The highest BCUT2D eigenvalue weighted by molar-refractivity contribution is 5.99. The van der Waals surface area contributed by atoms with Gasteiger partial charge in [-0.1, -0.05) is 0 Å². The molecular weight excluding hydrogens is 426 g/mol. The van der Waals surface area contributed by atoms with Crippen molar-refractivity contribution in [1.29, 1.82) is 0 Å². The van der Waals surface area contributed by atoms with E-state index in [1.165, 1.54) is 11.8 Å². The molecule has 13 nitrogen and oxygen atoms in total. The Balaban J connectivity index is 1.66. The molecular formula is C19H27N5O8. The highest BCUT2D eigenvalue weighted by atomic mass is 16.6. The summed E-state index contributed by atoms with van der Waals surface area (Å²) in [6.07, 6.45) is -0.456. The Morgan fingerprint density at radius 1 is 1.19 bits per heavy atom. The van der Waals surface area contributed by atoms with Crippen LogP contribution < -0.4 is 16.5 Å². The third kappa shape index (κ3) is 4.98. The zero-order chi connectivity index (χ0) is 23.6. The highest BCUT2D eigenvalue weighted by Crippen LogP contribution is 2.39. The van der Waals surface area contributed by atoms with Crippen molar-refractivity contribution < 1.29 is 38.2 Å². The molecule has 0 aromatic carbocycles. The van der Waals surface area contributed by atoms with E-state index in [9.17, 15) is 28.8 Å². The number of esters is 1. The molecule has 0 bridgehead atoms. The molecule has 3 fully saturated rings. The van der Waals surface area contributed by atoms with Crippen LogP contribution in [0, 0.1) is 0 Å². The van der Waals surface area contributed by atoms with Crippen LogP contribution in [-0.4, -0.2) is 88.9 Å². The maximum Gasteiger partial charge on any atom is 0.338 e. The summed E-state index contributed by atoms with van der Waals surface area (Å²) in [5, 5.41) is 3.34. The lowest BCUT2D eigenvalue weighted by Gasteiger charge is -2.30. The molecule has 176 valence electrons. The molecule has 5 amide bonds. The van der Waals surface area contributed by atoms with Gasteiger partial charge < -0.3 is 25.4 Å². The zero-order valence-corrected chi connectivity index (χ0v) is 17.9. The van der Waals surface area contributed by atoms with Gasteiger partial charge in [0.05, 0.1) is 6.61 Å². The fraction of sp³-hybridized carbons (Fsp3) is 0.684. The molecule has 3 rings (SSSR count). The number of hydrogen-bond donors (Lipinski definition) is 3. The molecule has 1 aliphatic carbocycles. The second-order valence-electron chi connectivity index (χ2n) is 8.02. The van der Waals surface area contributed by atoms with Crippen molar-refractivity contribution in [2.24, 2.45) is 5.73 Å². The Kier molecular flexibility index (Phi) is 6.67. The fourth-order valence-electron chi connectivity index (χ4n) is 3.80. The molecule has 0 unspecified atom stereocenters. The van der Waals surface area contributed by atoms with Crippen LogP contribution in [-0.2, 0) is 38.2 Å². The molecule has 3 aliphatic rings. The van der Waals surface area contributed by atoms with Crippen molar-refractivity contribution in [3.8, 4) is 0 Å². The predicted octanol–water partition coefficient (Wildman–Crippen LogP) is -2.68. The summed E-state index contributed by atoms with van der Waals surface area (Å²) in [7, 11) is 0. The van der Waals surface area contributed by atoms with Crippen molar-refractivity contribution in [2.75, 3.05) is 19.7 Å². The molecule has 13 heteroatoms. The second kappa shape index (κ2) is 9.10. The van der Waals surface area contributed by atoms with Gasteiger partial charge in [0.2, 0.25) is 17.7 Å². The number of amides is 5. The minimum atomic E-state index is -1.20. The number of nitrogens with one attached hydrogen (secondary N) is 2. The lowest BCUT2D eigenvalue weighted by Crippen LogP contribution is -2.59. The molecule has 0 aromatic rings. The van der Waals surface area contributed by atoms with E-state index in [-0.39, 0.29) is 18.4 Å². The van der Waals surface area contributed by atoms with E-state index in [2.05, 4.69) is 10.7 Å². The largest absolute Gasteiger partial charge is 0.464 e. The van der Waals surface area contributed by atoms with Gasteiger partial charge in [0.25, 0.3) is 11.8 Å². The van der Waals surface area contributed by atoms with Gasteiger partial charge in [0.1, 0.15) is 18.1 Å². The first-order chi connectivity index (χ1) is 15.1. The Bertz CT molecular complexity index is 842. The van der Waals surface area contributed by atoms with E-state index in [0.29, 0.717) is 37.2 Å². The van der Waals surface area contributed by atoms with Crippen molar-refractivity contribution in [3.05, 3.63) is 0 Å². The summed E-state index contributed by atoms with van der Waals surface area (Å²) in [4.78, 5) is 74.5. The number of ether oxygens (including phenoxy) is 2. The van der Waals surface area contributed by atoms with E-state index in [1.54, 1.807) is 6.92 Å². The van der Waals surface area contributed by atoms with Crippen molar-refractivity contribution in [2.45, 2.75) is 63.3 Å². The van der Waals surface area contributed by atoms with E-state index in [1.807, 2.05) is 0 Å². The van der Waals surface area contributed by atoms with Gasteiger partial charge in [-0.15, -0.1) is 0 Å². The summed E-state index contributed by atoms with van der Waals surface area (Å²) in [6, 6.07) is -0.891. The van der Waals surface area contributed by atoms with Gasteiger partial charge in [-0.05, 0) is 32.6 Å². The number of hydrogen-bond acceptors (Lipinski definition) is 8. The first kappa shape index (κ1) is 23.4. The Hall–Kier alpha value is -3.22. The predicted molar refractivity (Wildman–Crippen MR) is 105 cm³/mol. The van der Waals surface area contributed by atoms with Crippen LogP contribution in [0.2, 0.25) is 0 Å². The fourth-order valence-corrected chi connectivity index (χ4v) is 3.80. The number of rotatable bonds is 8. The SMILES string of the molecule is CCOC(=O)[C@H]1O[C@@H]1C(=O)N(CC(N)=O)NC(=O)[C@@H]1CCCN1C(=O)C1(NC(C)=O)CC1. The first-order valence-corrected chi connectivity index (χ1v) is 10.4. The Morgan fingerprint density at radius 2 is 1.88 bits per heavy atom. The molecule has 0 spiro atoms. The van der Waals surface area contributed by atoms with E-state index in [0.717, 1.165) is 0 Å². The summed E-state index contributed by atoms with van der Waals surface area (Å²) in [5.74, 6) is -3.83. The maximum absolute atomic E-state index is 13.0. The lowest BCUT2D eigenvalue weighted by atomic mass is 10.1. The molecule has 3 atom stereocenters. The van der Waals surface area contributed by atoms with Gasteiger partial charge in [0.15, 0.2) is 12.2 Å². The minimum Gasteiger partial charge on any atom is -0.464 e. The Morgan fingerprint density at radius 3 is 2.44 bits per heavy atom. The van der Waals surface area contributed by atoms with E-state index in [4.69, 9.17) is 15.2 Å². The molecule has 2 heterocycles. The lowest BCUT2D eigenvalue weighted by molar-refractivity contribution is -0.149. The monoisotopic (exact) mass is 453 g/mol. The summed E-state index contributed by atoms with van der Waals surface area (Å²) in [5.41, 5.74) is 6.53. The number of hydrazine groups is 1. The van der Waals surface area contributed by atoms with Crippen molar-refractivity contribution in [1.82, 2.24) is 20.7 Å². The van der Waals surface area contributed by atoms with E-state index >= 15 is 0 Å². The van der Waals surface area contributed by atoms with Crippen molar-refractivity contribution in [3.63, 3.8) is 0 Å². The topological polar surface area (TPSA) is 181 Å². The highest BCUT2D eigenvalue weighted by Gasteiger charge is 2.56. The van der Waals surface area contributed by atoms with Crippen LogP contribution in [0.15, 0.2) is 0 Å². The average molecular weight is 453 g/mol. The van der Waals surface area contributed by atoms with Gasteiger partial charge in [-0.2, -0.15) is 0 Å². The van der Waals surface area contributed by atoms with Gasteiger partial charge >= 0.3 is 5.97 Å². The van der Waals surface area contributed by atoms with Crippen LogP contribution in [0.4, 0.5) is 0 Å². The number of likely N-dealkylation sites (tertiary alicyclic amines) is 1. The zero-order valence-electron chi connectivity index (χ0n) is 17.9. The smallest absolute Gasteiger partial charge is 0.338 e. The van der Waals surface area contributed by atoms with Crippen molar-refractivity contribution >= 4 is 35.5 Å². The van der Waals surface area contributed by atoms with Gasteiger partial charge in [-0.25, -0.2) is 9.80 Å². The third-order valence-corrected chi connectivity index (χ3v) is 5.47. The Labute approximate surface area is 183 Å². The number of carbonyl (C=O) groups is 6. The molecule has 32 heavy (non-hydrogen) atoms. The number of nitrogens with zero attached hydrogens (tertiary/aromatic N) is 2. The number of epoxide rings is 1. The standard InChI is InChI=1S/C19H27N5O8/c1-3-31-17(29)14-13(32-14)16(28)24(9-12(20)26)22-15(27)11-5-4-8-23(11)18(30)19(6-7-19)21-10(2)25/h11,13-14H,3-9H2,1-2H3,(H2,20,26)(H,21,25)(H,22,27)/t11-,13-,14-/m0/s1.